The average molecular weight is 236 g/mol. The maximum Gasteiger partial charge on any atom is 0.272 e. The summed E-state index contributed by atoms with van der Waals surface area (Å²) in [5.41, 5.74) is 0.674. The van der Waals surface area contributed by atoms with Crippen molar-refractivity contribution in [1.82, 2.24) is 5.32 Å². The largest absolute Gasteiger partial charge is 0.345 e. The number of benzene rings is 1. The fourth-order valence-electron chi connectivity index (χ4n) is 1.31. The molecule has 1 rings (SSSR count). The van der Waals surface area contributed by atoms with Gasteiger partial charge in [-0.05, 0) is 26.0 Å². The first-order chi connectivity index (χ1) is 7.91. The lowest BCUT2D eigenvalue weighted by atomic mass is 10.1. The number of hydrogen-bond donors (Lipinski definition) is 1. The minimum Gasteiger partial charge on any atom is -0.345 e. The minimum atomic E-state index is -0.507. The second-order valence-corrected chi connectivity index (χ2v) is 3.64. The summed E-state index contributed by atoms with van der Waals surface area (Å²) in [5.74, 6) is -0.574. The molecule has 6 nitrogen and oxygen atoms in total. The second-order valence-electron chi connectivity index (χ2n) is 3.64. The number of nitrogens with one attached hydrogen (secondary N) is 1. The molecule has 0 fully saturated rings. The molecule has 0 spiro atoms. The number of carbonyl (C=O) groups is 2. The van der Waals surface area contributed by atoms with E-state index in [-0.39, 0.29) is 18.0 Å². The summed E-state index contributed by atoms with van der Waals surface area (Å²) in [6, 6.07) is 4.06. The number of ketones is 1. The number of nitro benzene ring substituents is 1. The molecule has 17 heavy (non-hydrogen) atoms. The van der Waals surface area contributed by atoms with Crippen LogP contribution < -0.4 is 5.32 Å². The van der Waals surface area contributed by atoms with Crippen LogP contribution >= 0.6 is 0 Å². The summed E-state index contributed by atoms with van der Waals surface area (Å²) in [7, 11) is 0. The van der Waals surface area contributed by atoms with E-state index in [1.165, 1.54) is 25.1 Å². The average Bonchev–Trinajstić information content (AvgIpc) is 2.25. The highest BCUT2D eigenvalue weighted by molar-refractivity contribution is 5.96. The maximum absolute atomic E-state index is 11.5. The highest BCUT2D eigenvalue weighted by atomic mass is 16.6. The summed E-state index contributed by atoms with van der Waals surface area (Å²) in [4.78, 5) is 32.3. The fourth-order valence-corrected chi connectivity index (χ4v) is 1.31. The molecule has 0 saturated heterocycles. The monoisotopic (exact) mass is 236 g/mol. The molecule has 0 radical (unpaired) electrons. The van der Waals surface area contributed by atoms with Gasteiger partial charge in [-0.2, -0.15) is 0 Å². The predicted octanol–water partition coefficient (Wildman–Crippen LogP) is 1.22. The Bertz CT molecular complexity index is 482. The Morgan fingerprint density at radius 2 is 2.06 bits per heavy atom. The van der Waals surface area contributed by atoms with Gasteiger partial charge in [0.1, 0.15) is 5.78 Å². The van der Waals surface area contributed by atoms with Crippen molar-refractivity contribution in [2.24, 2.45) is 0 Å². The Morgan fingerprint density at radius 1 is 1.41 bits per heavy atom. The molecular weight excluding hydrogens is 224 g/mol. The van der Waals surface area contributed by atoms with Crippen molar-refractivity contribution in [3.8, 4) is 0 Å². The summed E-state index contributed by atoms with van der Waals surface area (Å²) < 4.78 is 0. The van der Waals surface area contributed by atoms with Crippen LogP contribution in [0.5, 0.6) is 0 Å². The van der Waals surface area contributed by atoms with Gasteiger partial charge in [-0.3, -0.25) is 19.7 Å². The second kappa shape index (κ2) is 5.20. The Kier molecular flexibility index (Phi) is 3.92. The van der Waals surface area contributed by atoms with Gasteiger partial charge < -0.3 is 5.32 Å². The highest BCUT2D eigenvalue weighted by Gasteiger charge is 2.13. The summed E-state index contributed by atoms with van der Waals surface area (Å²) >= 11 is 0. The number of nitrogens with zero attached hydrogens (tertiary/aromatic N) is 1. The third kappa shape index (κ3) is 3.37. The van der Waals surface area contributed by atoms with Crippen molar-refractivity contribution < 1.29 is 14.5 Å². The molecule has 1 aromatic rings. The molecule has 6 heteroatoms. The lowest BCUT2D eigenvalue weighted by molar-refractivity contribution is -0.385. The molecule has 0 aliphatic heterocycles. The van der Waals surface area contributed by atoms with Crippen LogP contribution in [0.15, 0.2) is 18.2 Å². The Labute approximate surface area is 97.8 Å². The van der Waals surface area contributed by atoms with E-state index in [9.17, 15) is 19.7 Å². The Morgan fingerprint density at radius 3 is 2.53 bits per heavy atom. The van der Waals surface area contributed by atoms with E-state index in [1.807, 2.05) is 0 Å². The number of hydrogen-bond acceptors (Lipinski definition) is 4. The van der Waals surface area contributed by atoms with Gasteiger partial charge >= 0.3 is 0 Å². The van der Waals surface area contributed by atoms with Crippen LogP contribution in [-0.2, 0) is 4.79 Å². The molecule has 0 aliphatic carbocycles. The number of amides is 1. The molecule has 0 saturated carbocycles. The van der Waals surface area contributed by atoms with Gasteiger partial charge in [-0.15, -0.1) is 0 Å². The maximum atomic E-state index is 11.5. The van der Waals surface area contributed by atoms with Gasteiger partial charge in [0.05, 0.1) is 11.5 Å². The van der Waals surface area contributed by atoms with Gasteiger partial charge in [0.2, 0.25) is 0 Å². The molecule has 0 atom stereocenters. The van der Waals surface area contributed by atoms with Crippen molar-refractivity contribution in [3.05, 3.63) is 39.4 Å². The van der Waals surface area contributed by atoms with E-state index >= 15 is 0 Å². The molecule has 1 N–H and O–H groups in total. The van der Waals surface area contributed by atoms with Crippen molar-refractivity contribution in [2.45, 2.75) is 13.8 Å². The zero-order chi connectivity index (χ0) is 13.0. The van der Waals surface area contributed by atoms with Crippen molar-refractivity contribution in [1.29, 1.82) is 0 Å². The first-order valence-corrected chi connectivity index (χ1v) is 4.94. The number of nitro groups is 1. The summed E-state index contributed by atoms with van der Waals surface area (Å²) in [6.45, 7) is 2.87. The molecule has 0 bridgehead atoms. The van der Waals surface area contributed by atoms with Crippen LogP contribution in [0.2, 0.25) is 0 Å². The number of Topliss-reactive ketones (excluding diaryl/α,β-unsaturated/α-hetero) is 1. The zero-order valence-electron chi connectivity index (χ0n) is 9.52. The molecule has 0 heterocycles. The van der Waals surface area contributed by atoms with E-state index in [1.54, 1.807) is 6.92 Å². The topological polar surface area (TPSA) is 89.3 Å². The van der Waals surface area contributed by atoms with Crippen molar-refractivity contribution in [3.63, 3.8) is 0 Å². The van der Waals surface area contributed by atoms with Gasteiger partial charge in [0.25, 0.3) is 11.6 Å². The van der Waals surface area contributed by atoms with Crippen LogP contribution in [-0.4, -0.2) is 23.2 Å². The first-order valence-electron chi connectivity index (χ1n) is 4.94. The van der Waals surface area contributed by atoms with Gasteiger partial charge in [0, 0.05) is 17.2 Å². The molecule has 1 amide bonds. The first kappa shape index (κ1) is 12.8. The minimum absolute atomic E-state index is 0.0342. The van der Waals surface area contributed by atoms with Crippen molar-refractivity contribution in [2.75, 3.05) is 6.54 Å². The third-order valence-electron chi connectivity index (χ3n) is 2.15. The molecule has 90 valence electrons. The lowest BCUT2D eigenvalue weighted by Gasteiger charge is -2.04. The third-order valence-corrected chi connectivity index (χ3v) is 2.15. The predicted molar refractivity (Wildman–Crippen MR) is 60.8 cm³/mol. The SMILES string of the molecule is CC(=O)CNC(=O)c1ccc([N+](=O)[O-])c(C)c1. The van der Waals surface area contributed by atoms with Crippen LogP contribution in [0.25, 0.3) is 0 Å². The molecule has 0 unspecified atom stereocenters. The normalized spacial score (nSPS) is 9.76. The number of rotatable bonds is 4. The van der Waals surface area contributed by atoms with E-state index in [4.69, 9.17) is 0 Å². The number of carbonyl (C=O) groups excluding carboxylic acids is 2. The molecule has 1 aromatic carbocycles. The highest BCUT2D eigenvalue weighted by Crippen LogP contribution is 2.18. The fraction of sp³-hybridized carbons (Fsp3) is 0.273. The number of aryl methyl sites for hydroxylation is 1. The molecule has 0 aliphatic rings. The van der Waals surface area contributed by atoms with Crippen LogP contribution in [0.3, 0.4) is 0 Å². The smallest absolute Gasteiger partial charge is 0.272 e. The Hall–Kier alpha value is -2.24. The van der Waals surface area contributed by atoms with Gasteiger partial charge in [-0.25, -0.2) is 0 Å². The Balaban J connectivity index is 2.86. The van der Waals surface area contributed by atoms with Gasteiger partial charge in [0.15, 0.2) is 0 Å². The standard InChI is InChI=1S/C11H12N2O4/c1-7-5-9(3-4-10(7)13(16)17)11(15)12-6-8(2)14/h3-5H,6H2,1-2H3,(H,12,15). The molecule has 0 aromatic heterocycles. The van der Waals surface area contributed by atoms with E-state index < -0.39 is 10.8 Å². The van der Waals surface area contributed by atoms with E-state index in [2.05, 4.69) is 5.32 Å². The molecular formula is C11H12N2O4. The van der Waals surface area contributed by atoms with Gasteiger partial charge in [-0.1, -0.05) is 0 Å². The van der Waals surface area contributed by atoms with Crippen LogP contribution in [0.1, 0.15) is 22.8 Å². The zero-order valence-corrected chi connectivity index (χ0v) is 9.52. The van der Waals surface area contributed by atoms with Crippen molar-refractivity contribution >= 4 is 17.4 Å². The van der Waals surface area contributed by atoms with Crippen LogP contribution in [0, 0.1) is 17.0 Å². The van der Waals surface area contributed by atoms with Crippen LogP contribution in [0.4, 0.5) is 5.69 Å². The van der Waals surface area contributed by atoms with E-state index in [0.29, 0.717) is 11.1 Å². The summed E-state index contributed by atoms with van der Waals surface area (Å²) in [5, 5.41) is 13.0. The van der Waals surface area contributed by atoms with E-state index in [0.717, 1.165) is 0 Å². The lowest BCUT2D eigenvalue weighted by Crippen LogP contribution is -2.28. The quantitative estimate of drug-likeness (QED) is 0.628. The summed E-state index contributed by atoms with van der Waals surface area (Å²) in [6.07, 6.45) is 0.